The van der Waals surface area contributed by atoms with Crippen molar-refractivity contribution in [3.05, 3.63) is 28.2 Å². The summed E-state index contributed by atoms with van der Waals surface area (Å²) < 4.78 is 0. The molecule has 1 saturated heterocycles. The molecule has 2 amide bonds. The second-order valence-corrected chi connectivity index (χ2v) is 7.52. The standard InChI is InChI=1S/C17H21Cl2N3O2/c1-22(16(24)11-9-17(11)5-7-20-8-6-17)10-14(23)21-15-12(18)3-2-4-13(15)19/h2-4,11,20H,5-10H2,1H3,(H,21,23). The molecule has 2 fully saturated rings. The zero-order valence-corrected chi connectivity index (χ0v) is 15.1. The Bertz CT molecular complexity index is 639. The molecule has 1 atom stereocenters. The van der Waals surface area contributed by atoms with E-state index in [9.17, 15) is 9.59 Å². The second-order valence-electron chi connectivity index (χ2n) is 6.71. The summed E-state index contributed by atoms with van der Waals surface area (Å²) in [4.78, 5) is 26.3. The van der Waals surface area contributed by atoms with E-state index in [0.717, 1.165) is 32.4 Å². The average molecular weight is 370 g/mol. The number of likely N-dealkylation sites (N-methyl/N-ethyl adjacent to an activating group) is 1. The predicted molar refractivity (Wildman–Crippen MR) is 95.4 cm³/mol. The number of benzene rings is 1. The maximum Gasteiger partial charge on any atom is 0.244 e. The largest absolute Gasteiger partial charge is 0.336 e. The molecule has 1 unspecified atom stereocenters. The van der Waals surface area contributed by atoms with E-state index in [2.05, 4.69) is 10.6 Å². The normalized spacial score (nSPS) is 21.4. The number of hydrogen-bond donors (Lipinski definition) is 2. The molecule has 1 spiro atoms. The van der Waals surface area contributed by atoms with E-state index in [1.54, 1.807) is 25.2 Å². The zero-order chi connectivity index (χ0) is 17.3. The lowest BCUT2D eigenvalue weighted by molar-refractivity contribution is -0.135. The van der Waals surface area contributed by atoms with Crippen LogP contribution in [-0.2, 0) is 9.59 Å². The highest BCUT2D eigenvalue weighted by Gasteiger charge is 2.58. The highest BCUT2D eigenvalue weighted by molar-refractivity contribution is 6.39. The first-order valence-electron chi connectivity index (χ1n) is 8.12. The number of halogens is 2. The maximum absolute atomic E-state index is 12.6. The predicted octanol–water partition coefficient (Wildman–Crippen LogP) is 2.78. The Morgan fingerprint density at radius 2 is 1.92 bits per heavy atom. The summed E-state index contributed by atoms with van der Waals surface area (Å²) in [7, 11) is 1.67. The summed E-state index contributed by atoms with van der Waals surface area (Å²) in [6.07, 6.45) is 3.02. The van der Waals surface area contributed by atoms with Crippen LogP contribution in [0.25, 0.3) is 0 Å². The number of hydrogen-bond acceptors (Lipinski definition) is 3. The van der Waals surface area contributed by atoms with Gasteiger partial charge in [-0.25, -0.2) is 0 Å². The Kier molecular flexibility index (Phi) is 5.04. The van der Waals surface area contributed by atoms with Crippen LogP contribution in [0.4, 0.5) is 5.69 Å². The Hall–Kier alpha value is -1.30. The van der Waals surface area contributed by atoms with Crippen molar-refractivity contribution in [3.63, 3.8) is 0 Å². The van der Waals surface area contributed by atoms with E-state index in [4.69, 9.17) is 23.2 Å². The molecule has 1 aliphatic heterocycles. The van der Waals surface area contributed by atoms with Crippen LogP contribution in [0.2, 0.25) is 10.0 Å². The minimum absolute atomic E-state index is 0.00871. The fraction of sp³-hybridized carbons (Fsp3) is 0.529. The van der Waals surface area contributed by atoms with Crippen LogP contribution in [0.5, 0.6) is 0 Å². The molecular weight excluding hydrogens is 349 g/mol. The smallest absolute Gasteiger partial charge is 0.244 e. The summed E-state index contributed by atoms with van der Waals surface area (Å²) in [6.45, 7) is 1.93. The number of anilines is 1. The molecule has 3 rings (SSSR count). The van der Waals surface area contributed by atoms with Gasteiger partial charge < -0.3 is 15.5 Å². The summed E-state index contributed by atoms with van der Waals surface area (Å²) in [5, 5.41) is 6.76. The van der Waals surface area contributed by atoms with Gasteiger partial charge in [-0.1, -0.05) is 29.3 Å². The van der Waals surface area contributed by atoms with E-state index in [1.807, 2.05) is 0 Å². The van der Waals surface area contributed by atoms with E-state index in [1.165, 1.54) is 4.90 Å². The quantitative estimate of drug-likeness (QED) is 0.857. The Morgan fingerprint density at radius 3 is 2.54 bits per heavy atom. The average Bonchev–Trinajstić information content (AvgIpc) is 3.24. The maximum atomic E-state index is 12.6. The first-order valence-corrected chi connectivity index (χ1v) is 8.88. The Morgan fingerprint density at radius 1 is 1.29 bits per heavy atom. The number of carbonyl (C=O) groups excluding carboxylic acids is 2. The van der Waals surface area contributed by atoms with Gasteiger partial charge in [-0.3, -0.25) is 9.59 Å². The van der Waals surface area contributed by atoms with Gasteiger partial charge in [-0.15, -0.1) is 0 Å². The fourth-order valence-electron chi connectivity index (χ4n) is 3.53. The highest BCUT2D eigenvalue weighted by atomic mass is 35.5. The number of nitrogens with one attached hydrogen (secondary N) is 2. The highest BCUT2D eigenvalue weighted by Crippen LogP contribution is 2.59. The van der Waals surface area contributed by atoms with Crippen LogP contribution in [0.15, 0.2) is 18.2 Å². The van der Waals surface area contributed by atoms with Gasteiger partial charge in [0, 0.05) is 13.0 Å². The number of piperidine rings is 1. The molecule has 0 aromatic heterocycles. The van der Waals surface area contributed by atoms with Gasteiger partial charge in [-0.2, -0.15) is 0 Å². The van der Waals surface area contributed by atoms with Gasteiger partial charge >= 0.3 is 0 Å². The molecule has 7 heteroatoms. The lowest BCUT2D eigenvalue weighted by Crippen LogP contribution is -2.38. The van der Waals surface area contributed by atoms with Crippen molar-refractivity contribution in [2.24, 2.45) is 11.3 Å². The van der Waals surface area contributed by atoms with Crippen molar-refractivity contribution in [1.82, 2.24) is 10.2 Å². The number of para-hydroxylation sites is 1. The van der Waals surface area contributed by atoms with Crippen molar-refractivity contribution in [1.29, 1.82) is 0 Å². The van der Waals surface area contributed by atoms with Gasteiger partial charge in [0.1, 0.15) is 0 Å². The van der Waals surface area contributed by atoms with Gasteiger partial charge in [0.15, 0.2) is 0 Å². The van der Waals surface area contributed by atoms with E-state index >= 15 is 0 Å². The van der Waals surface area contributed by atoms with Gasteiger partial charge in [0.05, 0.1) is 22.3 Å². The van der Waals surface area contributed by atoms with Crippen molar-refractivity contribution in [3.8, 4) is 0 Å². The van der Waals surface area contributed by atoms with Crippen molar-refractivity contribution in [2.45, 2.75) is 19.3 Å². The number of rotatable bonds is 4. The molecule has 1 saturated carbocycles. The van der Waals surface area contributed by atoms with Crippen LogP contribution < -0.4 is 10.6 Å². The molecule has 0 radical (unpaired) electrons. The van der Waals surface area contributed by atoms with Crippen molar-refractivity contribution in [2.75, 3.05) is 32.0 Å². The molecule has 1 aromatic carbocycles. The van der Waals surface area contributed by atoms with Crippen LogP contribution in [-0.4, -0.2) is 43.4 Å². The molecule has 24 heavy (non-hydrogen) atoms. The zero-order valence-electron chi connectivity index (χ0n) is 13.6. The monoisotopic (exact) mass is 369 g/mol. The molecule has 0 bridgehead atoms. The van der Waals surface area contributed by atoms with Crippen LogP contribution >= 0.6 is 23.2 Å². The molecule has 1 aromatic rings. The van der Waals surface area contributed by atoms with E-state index in [-0.39, 0.29) is 29.7 Å². The molecule has 130 valence electrons. The molecule has 5 nitrogen and oxygen atoms in total. The third kappa shape index (κ3) is 3.53. The lowest BCUT2D eigenvalue weighted by atomic mass is 9.91. The fourth-order valence-corrected chi connectivity index (χ4v) is 4.02. The van der Waals surface area contributed by atoms with E-state index < -0.39 is 0 Å². The summed E-state index contributed by atoms with van der Waals surface area (Å²) in [5.74, 6) is -0.195. The summed E-state index contributed by atoms with van der Waals surface area (Å²) in [5.41, 5.74) is 0.548. The molecule has 2 N–H and O–H groups in total. The molecule has 1 aliphatic carbocycles. The summed E-state index contributed by atoms with van der Waals surface area (Å²) in [6, 6.07) is 5.02. The minimum atomic E-state index is -0.305. The van der Waals surface area contributed by atoms with E-state index in [0.29, 0.717) is 15.7 Å². The Balaban J connectivity index is 1.56. The van der Waals surface area contributed by atoms with Crippen LogP contribution in [0.3, 0.4) is 0 Å². The third-order valence-electron chi connectivity index (χ3n) is 5.07. The first kappa shape index (κ1) is 17.5. The lowest BCUT2D eigenvalue weighted by Gasteiger charge is -2.25. The van der Waals surface area contributed by atoms with Gasteiger partial charge in [-0.05, 0) is 49.9 Å². The second kappa shape index (κ2) is 6.90. The van der Waals surface area contributed by atoms with Crippen LogP contribution in [0, 0.1) is 11.3 Å². The van der Waals surface area contributed by atoms with Crippen molar-refractivity contribution < 1.29 is 9.59 Å². The third-order valence-corrected chi connectivity index (χ3v) is 5.70. The topological polar surface area (TPSA) is 61.4 Å². The molecular formula is C17H21Cl2N3O2. The summed E-state index contributed by atoms with van der Waals surface area (Å²) >= 11 is 12.1. The molecule has 1 heterocycles. The SMILES string of the molecule is CN(CC(=O)Nc1c(Cl)cccc1Cl)C(=O)C1CC12CCNCC2. The number of nitrogens with zero attached hydrogens (tertiary/aromatic N) is 1. The first-order chi connectivity index (χ1) is 11.4. The van der Waals surface area contributed by atoms with Gasteiger partial charge in [0.25, 0.3) is 0 Å². The number of amides is 2. The molecule has 2 aliphatic rings. The number of carbonyl (C=O) groups is 2. The van der Waals surface area contributed by atoms with Gasteiger partial charge in [0.2, 0.25) is 11.8 Å². The Labute approximate surface area is 151 Å². The van der Waals surface area contributed by atoms with Crippen molar-refractivity contribution >= 4 is 40.7 Å². The van der Waals surface area contributed by atoms with Crippen LogP contribution in [0.1, 0.15) is 19.3 Å². The minimum Gasteiger partial charge on any atom is -0.336 e.